The Kier molecular flexibility index (Phi) is 3.27. The van der Waals surface area contributed by atoms with Crippen LogP contribution in [0.5, 0.6) is 5.75 Å². The number of aliphatic hydroxyl groups is 1. The van der Waals surface area contributed by atoms with Gasteiger partial charge in [-0.3, -0.25) is 0 Å². The van der Waals surface area contributed by atoms with Crippen molar-refractivity contribution in [2.45, 2.75) is 37.4 Å². The minimum atomic E-state index is -0.473. The molecule has 4 rings (SSSR count). The largest absolute Gasteiger partial charge is 0.485 e. The van der Waals surface area contributed by atoms with Crippen LogP contribution in [0.4, 0.5) is 0 Å². The molecule has 2 aromatic carbocycles. The molecule has 1 aliphatic carbocycles. The molecule has 0 bridgehead atoms. The standard InChI is InChI=1S/C18H17BrO2/c19-14-7-8-17-15(9-14)16(20)10-18(21-17)13-5-3-12(4-6-13)11-1-2-11/h3-9,11,16,18,20H,1-2,10H2. The fourth-order valence-electron chi connectivity index (χ4n) is 3.02. The Labute approximate surface area is 132 Å². The maximum atomic E-state index is 10.4. The Morgan fingerprint density at radius 2 is 1.71 bits per heavy atom. The van der Waals surface area contributed by atoms with Crippen LogP contribution in [0.15, 0.2) is 46.9 Å². The van der Waals surface area contributed by atoms with Crippen molar-refractivity contribution >= 4 is 15.9 Å². The van der Waals surface area contributed by atoms with Crippen LogP contribution < -0.4 is 4.74 Å². The molecule has 108 valence electrons. The van der Waals surface area contributed by atoms with E-state index in [0.29, 0.717) is 6.42 Å². The van der Waals surface area contributed by atoms with Crippen LogP contribution in [0.2, 0.25) is 0 Å². The number of fused-ring (bicyclic) bond motifs is 1. The first-order chi connectivity index (χ1) is 10.2. The van der Waals surface area contributed by atoms with Gasteiger partial charge in [-0.25, -0.2) is 0 Å². The van der Waals surface area contributed by atoms with Crippen LogP contribution in [0, 0.1) is 0 Å². The average Bonchev–Trinajstić information content (AvgIpc) is 3.33. The first-order valence-electron chi connectivity index (χ1n) is 7.45. The van der Waals surface area contributed by atoms with Gasteiger partial charge in [0.25, 0.3) is 0 Å². The molecule has 0 amide bonds. The van der Waals surface area contributed by atoms with E-state index in [4.69, 9.17) is 4.74 Å². The molecule has 0 spiro atoms. The van der Waals surface area contributed by atoms with E-state index in [0.717, 1.165) is 27.3 Å². The lowest BCUT2D eigenvalue weighted by atomic mass is 9.94. The van der Waals surface area contributed by atoms with Crippen molar-refractivity contribution in [2.75, 3.05) is 0 Å². The number of hydrogen-bond donors (Lipinski definition) is 1. The monoisotopic (exact) mass is 344 g/mol. The Balaban J connectivity index is 1.60. The SMILES string of the molecule is OC1CC(c2ccc(C3CC3)cc2)Oc2ccc(Br)cc21. The van der Waals surface area contributed by atoms with Gasteiger partial charge >= 0.3 is 0 Å². The Bertz CT molecular complexity index is 661. The van der Waals surface area contributed by atoms with E-state index in [2.05, 4.69) is 40.2 Å². The van der Waals surface area contributed by atoms with Crippen molar-refractivity contribution in [1.29, 1.82) is 0 Å². The normalized spacial score (nSPS) is 24.3. The summed E-state index contributed by atoms with van der Waals surface area (Å²) in [5.74, 6) is 1.56. The first-order valence-corrected chi connectivity index (χ1v) is 8.24. The van der Waals surface area contributed by atoms with Gasteiger partial charge in [-0.1, -0.05) is 40.2 Å². The summed E-state index contributed by atoms with van der Waals surface area (Å²) >= 11 is 3.44. The molecule has 2 nitrogen and oxygen atoms in total. The summed E-state index contributed by atoms with van der Waals surface area (Å²) in [6.07, 6.45) is 2.70. The second-order valence-electron chi connectivity index (χ2n) is 5.98. The lowest BCUT2D eigenvalue weighted by Crippen LogP contribution is -2.19. The maximum Gasteiger partial charge on any atom is 0.127 e. The molecule has 2 aromatic rings. The first kappa shape index (κ1) is 13.4. The summed E-state index contributed by atoms with van der Waals surface area (Å²) in [5, 5.41) is 10.4. The molecule has 1 aliphatic heterocycles. The second-order valence-corrected chi connectivity index (χ2v) is 6.90. The molecule has 1 fully saturated rings. The number of ether oxygens (including phenoxy) is 1. The molecule has 3 heteroatoms. The van der Waals surface area contributed by atoms with E-state index in [-0.39, 0.29) is 6.10 Å². The second kappa shape index (κ2) is 5.15. The summed E-state index contributed by atoms with van der Waals surface area (Å²) in [7, 11) is 0. The average molecular weight is 345 g/mol. The molecule has 0 saturated heterocycles. The topological polar surface area (TPSA) is 29.5 Å². The molecule has 2 atom stereocenters. The van der Waals surface area contributed by atoms with Crippen LogP contribution in [0.1, 0.15) is 54.1 Å². The Hall–Kier alpha value is -1.32. The van der Waals surface area contributed by atoms with E-state index in [1.54, 1.807) is 0 Å². The fraction of sp³-hybridized carbons (Fsp3) is 0.333. The molecule has 1 saturated carbocycles. The highest BCUT2D eigenvalue weighted by Gasteiger charge is 2.29. The van der Waals surface area contributed by atoms with Crippen molar-refractivity contribution in [1.82, 2.24) is 0 Å². The third-order valence-corrected chi connectivity index (χ3v) is 4.89. The molecular formula is C18H17BrO2. The fourth-order valence-corrected chi connectivity index (χ4v) is 3.40. The van der Waals surface area contributed by atoms with Crippen molar-refractivity contribution in [3.05, 3.63) is 63.6 Å². The zero-order valence-electron chi connectivity index (χ0n) is 11.6. The van der Waals surface area contributed by atoms with E-state index in [1.165, 1.54) is 18.4 Å². The lowest BCUT2D eigenvalue weighted by Gasteiger charge is -2.30. The summed E-state index contributed by atoms with van der Waals surface area (Å²) in [5.41, 5.74) is 3.45. The molecule has 1 heterocycles. The van der Waals surface area contributed by atoms with Gasteiger partial charge < -0.3 is 9.84 Å². The van der Waals surface area contributed by atoms with E-state index < -0.39 is 6.10 Å². The van der Waals surface area contributed by atoms with Crippen molar-refractivity contribution < 1.29 is 9.84 Å². The summed E-state index contributed by atoms with van der Waals surface area (Å²) in [6.45, 7) is 0. The molecule has 1 N–H and O–H groups in total. The summed E-state index contributed by atoms with van der Waals surface area (Å²) in [6, 6.07) is 14.5. The lowest BCUT2D eigenvalue weighted by molar-refractivity contribution is 0.0657. The Morgan fingerprint density at radius 3 is 2.43 bits per heavy atom. The zero-order chi connectivity index (χ0) is 14.4. The van der Waals surface area contributed by atoms with Gasteiger partial charge in [-0.2, -0.15) is 0 Å². The van der Waals surface area contributed by atoms with Crippen LogP contribution in [0.25, 0.3) is 0 Å². The van der Waals surface area contributed by atoms with Gasteiger partial charge in [-0.15, -0.1) is 0 Å². The predicted octanol–water partition coefficient (Wildman–Crippen LogP) is 4.88. The third-order valence-electron chi connectivity index (χ3n) is 4.39. The highest BCUT2D eigenvalue weighted by atomic mass is 79.9. The van der Waals surface area contributed by atoms with Crippen LogP contribution in [0.3, 0.4) is 0 Å². The number of halogens is 1. The van der Waals surface area contributed by atoms with Gasteiger partial charge in [0, 0.05) is 16.5 Å². The highest BCUT2D eigenvalue weighted by molar-refractivity contribution is 9.10. The van der Waals surface area contributed by atoms with Gasteiger partial charge in [0.2, 0.25) is 0 Å². The molecule has 21 heavy (non-hydrogen) atoms. The molecular weight excluding hydrogens is 328 g/mol. The quantitative estimate of drug-likeness (QED) is 0.840. The molecule has 0 aromatic heterocycles. The molecule has 0 radical (unpaired) electrons. The van der Waals surface area contributed by atoms with E-state index in [1.807, 2.05) is 18.2 Å². The van der Waals surface area contributed by atoms with Crippen LogP contribution in [-0.2, 0) is 0 Å². The number of hydrogen-bond acceptors (Lipinski definition) is 2. The molecule has 2 unspecified atom stereocenters. The smallest absolute Gasteiger partial charge is 0.127 e. The highest BCUT2D eigenvalue weighted by Crippen LogP contribution is 2.43. The number of aliphatic hydroxyl groups excluding tert-OH is 1. The Morgan fingerprint density at radius 1 is 1.00 bits per heavy atom. The van der Waals surface area contributed by atoms with Crippen molar-refractivity contribution in [2.24, 2.45) is 0 Å². The van der Waals surface area contributed by atoms with E-state index >= 15 is 0 Å². The van der Waals surface area contributed by atoms with Gasteiger partial charge in [0.15, 0.2) is 0 Å². The third kappa shape index (κ3) is 2.60. The summed E-state index contributed by atoms with van der Waals surface area (Å²) in [4.78, 5) is 0. The molecule has 2 aliphatic rings. The van der Waals surface area contributed by atoms with Crippen LogP contribution >= 0.6 is 15.9 Å². The minimum Gasteiger partial charge on any atom is -0.485 e. The van der Waals surface area contributed by atoms with Gasteiger partial charge in [0.1, 0.15) is 11.9 Å². The predicted molar refractivity (Wildman–Crippen MR) is 85.5 cm³/mol. The number of benzene rings is 2. The van der Waals surface area contributed by atoms with Crippen molar-refractivity contribution in [3.63, 3.8) is 0 Å². The number of rotatable bonds is 2. The maximum absolute atomic E-state index is 10.4. The minimum absolute atomic E-state index is 0.0677. The van der Waals surface area contributed by atoms with E-state index in [9.17, 15) is 5.11 Å². The van der Waals surface area contributed by atoms with Crippen LogP contribution in [-0.4, -0.2) is 5.11 Å². The van der Waals surface area contributed by atoms with Gasteiger partial charge in [-0.05, 0) is 48.1 Å². The zero-order valence-corrected chi connectivity index (χ0v) is 13.2. The van der Waals surface area contributed by atoms with Crippen molar-refractivity contribution in [3.8, 4) is 5.75 Å². The van der Waals surface area contributed by atoms with Gasteiger partial charge in [0.05, 0.1) is 6.10 Å². The summed E-state index contributed by atoms with van der Waals surface area (Å²) < 4.78 is 7.05.